The van der Waals surface area contributed by atoms with Gasteiger partial charge in [0, 0.05) is 12.6 Å². The van der Waals surface area contributed by atoms with Crippen molar-refractivity contribution in [1.29, 1.82) is 0 Å². The maximum absolute atomic E-state index is 12.0. The van der Waals surface area contributed by atoms with Gasteiger partial charge in [0.05, 0.1) is 0 Å². The molecule has 0 bridgehead atoms. The predicted molar refractivity (Wildman–Crippen MR) is 89.9 cm³/mol. The van der Waals surface area contributed by atoms with Gasteiger partial charge in [-0.25, -0.2) is 4.79 Å². The van der Waals surface area contributed by atoms with Crippen LogP contribution in [0.15, 0.2) is 0 Å². The molecule has 0 aliphatic heterocycles. The molecule has 0 heterocycles. The molecule has 2 fully saturated rings. The molecule has 2 rings (SSSR count). The van der Waals surface area contributed by atoms with Crippen LogP contribution in [0.5, 0.6) is 0 Å². The summed E-state index contributed by atoms with van der Waals surface area (Å²) in [5.41, 5.74) is -0.425. The zero-order valence-corrected chi connectivity index (χ0v) is 14.6. The first kappa shape index (κ1) is 17.6. The van der Waals surface area contributed by atoms with E-state index in [-0.39, 0.29) is 12.1 Å². The van der Waals surface area contributed by atoms with Crippen LogP contribution in [0, 0.1) is 11.8 Å². The van der Waals surface area contributed by atoms with E-state index in [9.17, 15) is 4.79 Å². The van der Waals surface area contributed by atoms with Crippen LogP contribution in [0.1, 0.15) is 72.1 Å². The van der Waals surface area contributed by atoms with Gasteiger partial charge in [0.2, 0.25) is 0 Å². The lowest BCUT2D eigenvalue weighted by Crippen LogP contribution is -2.46. The first-order valence-corrected chi connectivity index (χ1v) is 9.14. The predicted octanol–water partition coefficient (Wildman–Crippen LogP) is 3.85. The molecule has 2 N–H and O–H groups in total. The van der Waals surface area contributed by atoms with Gasteiger partial charge in [-0.2, -0.15) is 0 Å². The standard InChI is InChI=1S/C18H34N2O2/c1-18(2,3)22-17(21)20-16(15-10-11-15)13-19-12-14-8-6-4-5-7-9-14/h14-16,19H,4-13H2,1-3H3,(H,20,21). The Morgan fingerprint density at radius 2 is 1.73 bits per heavy atom. The van der Waals surface area contributed by atoms with Gasteiger partial charge in [0.25, 0.3) is 0 Å². The summed E-state index contributed by atoms with van der Waals surface area (Å²) in [6.07, 6.45) is 10.5. The maximum Gasteiger partial charge on any atom is 0.407 e. The Morgan fingerprint density at radius 1 is 1.09 bits per heavy atom. The molecular formula is C18H34N2O2. The van der Waals surface area contributed by atoms with Crippen LogP contribution in [0.4, 0.5) is 4.79 Å². The van der Waals surface area contributed by atoms with Gasteiger partial charge < -0.3 is 15.4 Å². The van der Waals surface area contributed by atoms with E-state index in [0.717, 1.165) is 19.0 Å². The SMILES string of the molecule is CC(C)(C)OC(=O)NC(CNCC1CCCCCC1)C1CC1. The molecular weight excluding hydrogens is 276 g/mol. The number of hydrogen-bond donors (Lipinski definition) is 2. The summed E-state index contributed by atoms with van der Waals surface area (Å²) < 4.78 is 5.38. The van der Waals surface area contributed by atoms with Crippen molar-refractivity contribution in [1.82, 2.24) is 10.6 Å². The van der Waals surface area contributed by atoms with Crippen LogP contribution in [-0.2, 0) is 4.74 Å². The first-order chi connectivity index (χ1) is 10.4. The second kappa shape index (κ2) is 8.19. The van der Waals surface area contributed by atoms with Crippen molar-refractivity contribution < 1.29 is 9.53 Å². The van der Waals surface area contributed by atoms with Crippen LogP contribution >= 0.6 is 0 Å². The fourth-order valence-electron chi connectivity index (χ4n) is 3.30. The van der Waals surface area contributed by atoms with Crippen molar-refractivity contribution >= 4 is 6.09 Å². The van der Waals surface area contributed by atoms with E-state index in [1.165, 1.54) is 51.4 Å². The lowest BCUT2D eigenvalue weighted by molar-refractivity contribution is 0.0497. The van der Waals surface area contributed by atoms with Gasteiger partial charge in [0.1, 0.15) is 5.60 Å². The zero-order chi connectivity index (χ0) is 16.0. The zero-order valence-electron chi connectivity index (χ0n) is 14.6. The molecule has 0 aromatic rings. The van der Waals surface area contributed by atoms with E-state index in [2.05, 4.69) is 10.6 Å². The lowest BCUT2D eigenvalue weighted by Gasteiger charge is -2.24. The quantitative estimate of drug-likeness (QED) is 0.733. The highest BCUT2D eigenvalue weighted by Crippen LogP contribution is 2.32. The number of nitrogens with one attached hydrogen (secondary N) is 2. The van der Waals surface area contributed by atoms with E-state index in [0.29, 0.717) is 5.92 Å². The number of carbonyl (C=O) groups is 1. The third-order valence-corrected chi connectivity index (χ3v) is 4.67. The second-order valence-electron chi connectivity index (χ2n) is 8.11. The number of rotatable bonds is 6. The first-order valence-electron chi connectivity index (χ1n) is 9.14. The van der Waals surface area contributed by atoms with Crippen molar-refractivity contribution in [3.63, 3.8) is 0 Å². The molecule has 0 radical (unpaired) electrons. The average molecular weight is 310 g/mol. The molecule has 0 aromatic heterocycles. The van der Waals surface area contributed by atoms with E-state index in [4.69, 9.17) is 4.74 Å². The number of carbonyl (C=O) groups excluding carboxylic acids is 1. The summed E-state index contributed by atoms with van der Waals surface area (Å²) in [5.74, 6) is 1.46. The minimum Gasteiger partial charge on any atom is -0.444 e. The molecule has 2 saturated carbocycles. The minimum atomic E-state index is -0.425. The molecule has 0 saturated heterocycles. The van der Waals surface area contributed by atoms with E-state index in [1.807, 2.05) is 20.8 Å². The molecule has 0 spiro atoms. The van der Waals surface area contributed by atoms with Crippen molar-refractivity contribution in [3.8, 4) is 0 Å². The molecule has 128 valence electrons. The van der Waals surface area contributed by atoms with Gasteiger partial charge in [-0.15, -0.1) is 0 Å². The van der Waals surface area contributed by atoms with Crippen molar-refractivity contribution in [3.05, 3.63) is 0 Å². The van der Waals surface area contributed by atoms with E-state index in [1.54, 1.807) is 0 Å². The molecule has 1 amide bonds. The Hall–Kier alpha value is -0.770. The van der Waals surface area contributed by atoms with Crippen molar-refractivity contribution in [2.75, 3.05) is 13.1 Å². The third kappa shape index (κ3) is 6.99. The number of hydrogen-bond acceptors (Lipinski definition) is 3. The highest BCUT2D eigenvalue weighted by Gasteiger charge is 2.33. The van der Waals surface area contributed by atoms with Crippen LogP contribution in [0.3, 0.4) is 0 Å². The van der Waals surface area contributed by atoms with Gasteiger partial charge in [-0.1, -0.05) is 25.7 Å². The Morgan fingerprint density at radius 3 is 2.27 bits per heavy atom. The van der Waals surface area contributed by atoms with Crippen LogP contribution < -0.4 is 10.6 Å². The van der Waals surface area contributed by atoms with Gasteiger partial charge in [-0.3, -0.25) is 0 Å². The second-order valence-corrected chi connectivity index (χ2v) is 8.11. The number of ether oxygens (including phenoxy) is 1. The van der Waals surface area contributed by atoms with E-state index < -0.39 is 5.60 Å². The van der Waals surface area contributed by atoms with Crippen molar-refractivity contribution in [2.24, 2.45) is 11.8 Å². The summed E-state index contributed by atoms with van der Waals surface area (Å²) in [6, 6.07) is 0.223. The highest BCUT2D eigenvalue weighted by atomic mass is 16.6. The fourth-order valence-corrected chi connectivity index (χ4v) is 3.30. The smallest absolute Gasteiger partial charge is 0.407 e. The van der Waals surface area contributed by atoms with E-state index >= 15 is 0 Å². The summed E-state index contributed by atoms with van der Waals surface area (Å²) in [7, 11) is 0. The van der Waals surface area contributed by atoms with Gasteiger partial charge in [0.15, 0.2) is 0 Å². The van der Waals surface area contributed by atoms with Crippen LogP contribution in [-0.4, -0.2) is 30.8 Å². The maximum atomic E-state index is 12.0. The monoisotopic (exact) mass is 310 g/mol. The minimum absolute atomic E-state index is 0.223. The van der Waals surface area contributed by atoms with Gasteiger partial charge >= 0.3 is 6.09 Å². The molecule has 2 aliphatic carbocycles. The van der Waals surface area contributed by atoms with Crippen molar-refractivity contribution in [2.45, 2.75) is 83.8 Å². The highest BCUT2D eigenvalue weighted by molar-refractivity contribution is 5.68. The molecule has 1 unspecified atom stereocenters. The fraction of sp³-hybridized carbons (Fsp3) is 0.944. The molecule has 4 heteroatoms. The summed E-state index contributed by atoms with van der Waals surface area (Å²) in [4.78, 5) is 12.0. The summed E-state index contributed by atoms with van der Waals surface area (Å²) in [5, 5.41) is 6.66. The van der Waals surface area contributed by atoms with Crippen LogP contribution in [0.25, 0.3) is 0 Å². The Bertz CT molecular complexity index is 339. The Balaban J connectivity index is 1.69. The topological polar surface area (TPSA) is 50.4 Å². The summed E-state index contributed by atoms with van der Waals surface area (Å²) >= 11 is 0. The van der Waals surface area contributed by atoms with Crippen LogP contribution in [0.2, 0.25) is 0 Å². The molecule has 22 heavy (non-hydrogen) atoms. The Kier molecular flexibility index (Phi) is 6.54. The molecule has 2 aliphatic rings. The normalized spacial score (nSPS) is 22.0. The third-order valence-electron chi connectivity index (χ3n) is 4.67. The molecule has 4 nitrogen and oxygen atoms in total. The molecule has 0 aromatic carbocycles. The lowest BCUT2D eigenvalue weighted by atomic mass is 10.0. The Labute approximate surface area is 135 Å². The largest absolute Gasteiger partial charge is 0.444 e. The number of alkyl carbamates (subject to hydrolysis) is 1. The summed E-state index contributed by atoms with van der Waals surface area (Å²) in [6.45, 7) is 7.69. The number of amides is 1. The van der Waals surface area contributed by atoms with Gasteiger partial charge in [-0.05, 0) is 64.8 Å². The molecule has 1 atom stereocenters. The average Bonchev–Trinajstić information content (AvgIpc) is 3.23.